The van der Waals surface area contributed by atoms with Crippen LogP contribution >= 0.6 is 0 Å². The fraction of sp³-hybridized carbons (Fsp3) is 1.00. The average Bonchev–Trinajstić information content (AvgIpc) is 2.13. The Kier molecular flexibility index (Phi) is 51.0. The Labute approximate surface area is 68.0 Å². The van der Waals surface area contributed by atoms with Crippen molar-refractivity contribution in [3.8, 4) is 0 Å². The van der Waals surface area contributed by atoms with Gasteiger partial charge in [0.05, 0.1) is 0 Å². The molecule has 0 radical (unpaired) electrons. The lowest BCUT2D eigenvalue weighted by Crippen LogP contribution is -1.70. The number of unbranched alkanes of at least 4 members (excludes halogenated alkanes) is 4. The van der Waals surface area contributed by atoms with Crippen LogP contribution in [0.15, 0.2) is 0 Å². The first kappa shape index (κ1) is 17.1. The van der Waals surface area contributed by atoms with Crippen LogP contribution in [0.3, 0.4) is 0 Å². The van der Waals surface area contributed by atoms with Crippen LogP contribution in [0.5, 0.6) is 0 Å². The Hall–Kier alpha value is -0.160. The predicted molar refractivity (Wildman–Crippen MR) is 44.9 cm³/mol. The molecule has 72 valence electrons. The zero-order valence-electron chi connectivity index (χ0n) is 7.32. The Morgan fingerprint density at radius 3 is 1.09 bits per heavy atom. The van der Waals surface area contributed by atoms with Gasteiger partial charge in [-0.25, -0.2) is 0 Å². The maximum absolute atomic E-state index is 6.00. The standard InChI is InChI=1S/C7H16.2H2O2/c1-3-5-7-6-4-2;2*1-2/h3-7H2,1-2H3;2*1-2H. The molecule has 0 fully saturated rings. The van der Waals surface area contributed by atoms with Crippen LogP contribution in [0.25, 0.3) is 0 Å². The molecule has 4 nitrogen and oxygen atoms in total. The van der Waals surface area contributed by atoms with Crippen LogP contribution in [0.1, 0.15) is 46.0 Å². The van der Waals surface area contributed by atoms with Gasteiger partial charge in [-0.15, -0.1) is 0 Å². The minimum atomic E-state index is 1.36. The van der Waals surface area contributed by atoms with E-state index < -0.39 is 0 Å². The van der Waals surface area contributed by atoms with Crippen LogP contribution in [0, 0.1) is 0 Å². The van der Waals surface area contributed by atoms with Gasteiger partial charge in [0.1, 0.15) is 0 Å². The van der Waals surface area contributed by atoms with Gasteiger partial charge in [0.15, 0.2) is 0 Å². The highest BCUT2D eigenvalue weighted by Crippen LogP contribution is 2.00. The summed E-state index contributed by atoms with van der Waals surface area (Å²) >= 11 is 0. The molecule has 0 aromatic heterocycles. The molecule has 0 heterocycles. The third kappa shape index (κ3) is 41.0. The quantitative estimate of drug-likeness (QED) is 0.295. The van der Waals surface area contributed by atoms with Crippen LogP contribution in [-0.2, 0) is 0 Å². The molecule has 0 rings (SSSR count). The van der Waals surface area contributed by atoms with Gasteiger partial charge in [-0.1, -0.05) is 46.0 Å². The second kappa shape index (κ2) is 32.8. The lowest BCUT2D eigenvalue weighted by atomic mass is 10.2. The van der Waals surface area contributed by atoms with E-state index >= 15 is 0 Å². The van der Waals surface area contributed by atoms with Crippen molar-refractivity contribution in [1.82, 2.24) is 0 Å². The van der Waals surface area contributed by atoms with E-state index in [1.54, 1.807) is 0 Å². The van der Waals surface area contributed by atoms with Crippen molar-refractivity contribution >= 4 is 0 Å². The van der Waals surface area contributed by atoms with Crippen molar-refractivity contribution < 1.29 is 21.0 Å². The summed E-state index contributed by atoms with van der Waals surface area (Å²) in [6.07, 6.45) is 7.01. The molecule has 0 unspecified atom stereocenters. The summed E-state index contributed by atoms with van der Waals surface area (Å²) < 4.78 is 0. The molecule has 0 saturated heterocycles. The van der Waals surface area contributed by atoms with E-state index in [-0.39, 0.29) is 0 Å². The molecule has 0 atom stereocenters. The second-order valence-corrected chi connectivity index (χ2v) is 2.06. The molecule has 0 spiro atoms. The third-order valence-corrected chi connectivity index (χ3v) is 1.21. The molecule has 0 aromatic carbocycles. The largest absolute Gasteiger partial charge is 0.255 e. The van der Waals surface area contributed by atoms with Crippen molar-refractivity contribution in [2.45, 2.75) is 46.0 Å². The van der Waals surface area contributed by atoms with Crippen molar-refractivity contribution in [2.75, 3.05) is 0 Å². The molecule has 0 aliphatic carbocycles. The lowest BCUT2D eigenvalue weighted by molar-refractivity contribution is -0.176. The Balaban J connectivity index is -0.000000138. The normalized spacial score (nSPS) is 7.09. The predicted octanol–water partition coefficient (Wildman–Crippen LogP) is 3.01. The summed E-state index contributed by atoms with van der Waals surface area (Å²) in [4.78, 5) is 0. The number of hydrogen-bond acceptors (Lipinski definition) is 4. The lowest BCUT2D eigenvalue weighted by Gasteiger charge is -1.90. The molecule has 11 heavy (non-hydrogen) atoms. The second-order valence-electron chi connectivity index (χ2n) is 2.06. The van der Waals surface area contributed by atoms with Gasteiger partial charge < -0.3 is 0 Å². The van der Waals surface area contributed by atoms with Crippen molar-refractivity contribution in [1.29, 1.82) is 0 Å². The summed E-state index contributed by atoms with van der Waals surface area (Å²) in [5, 5.41) is 24.0. The highest BCUT2D eigenvalue weighted by atomic mass is 17.0. The fourth-order valence-corrected chi connectivity index (χ4v) is 0.677. The first-order chi connectivity index (χ1) is 5.41. The van der Waals surface area contributed by atoms with Crippen LogP contribution < -0.4 is 0 Å². The smallest absolute Gasteiger partial charge is 0.0533 e. The van der Waals surface area contributed by atoms with E-state index in [1.807, 2.05) is 0 Å². The summed E-state index contributed by atoms with van der Waals surface area (Å²) in [5.74, 6) is 0. The zero-order valence-corrected chi connectivity index (χ0v) is 7.32. The Morgan fingerprint density at radius 1 is 0.636 bits per heavy atom. The first-order valence-electron chi connectivity index (χ1n) is 3.81. The Bertz CT molecular complexity index is 29.6. The van der Waals surface area contributed by atoms with Gasteiger partial charge in [-0.2, -0.15) is 0 Å². The topological polar surface area (TPSA) is 80.9 Å². The highest BCUT2D eigenvalue weighted by molar-refractivity contribution is 4.35. The van der Waals surface area contributed by atoms with Gasteiger partial charge in [-0.05, 0) is 0 Å². The number of hydrogen-bond donors (Lipinski definition) is 4. The number of rotatable bonds is 4. The van der Waals surface area contributed by atoms with Crippen molar-refractivity contribution in [2.24, 2.45) is 0 Å². The van der Waals surface area contributed by atoms with E-state index in [9.17, 15) is 0 Å². The van der Waals surface area contributed by atoms with Crippen molar-refractivity contribution in [3.63, 3.8) is 0 Å². The molecule has 4 N–H and O–H groups in total. The van der Waals surface area contributed by atoms with E-state index in [4.69, 9.17) is 21.0 Å². The maximum atomic E-state index is 6.00. The van der Waals surface area contributed by atoms with Gasteiger partial charge >= 0.3 is 0 Å². The van der Waals surface area contributed by atoms with E-state index in [2.05, 4.69) is 13.8 Å². The summed E-state index contributed by atoms with van der Waals surface area (Å²) in [6, 6.07) is 0. The summed E-state index contributed by atoms with van der Waals surface area (Å²) in [6.45, 7) is 4.49. The zero-order chi connectivity index (χ0) is 9.54. The van der Waals surface area contributed by atoms with E-state index in [1.165, 1.54) is 32.1 Å². The monoisotopic (exact) mass is 168 g/mol. The molecule has 0 aliphatic rings. The average molecular weight is 168 g/mol. The summed E-state index contributed by atoms with van der Waals surface area (Å²) in [7, 11) is 0. The molecular weight excluding hydrogens is 148 g/mol. The molecule has 0 aliphatic heterocycles. The molecule has 4 heteroatoms. The SMILES string of the molecule is CCCCCCC.OO.OO. The minimum absolute atomic E-state index is 1.36. The van der Waals surface area contributed by atoms with Crippen LogP contribution in [0.4, 0.5) is 0 Å². The molecule has 0 bridgehead atoms. The maximum Gasteiger partial charge on any atom is -0.0533 e. The van der Waals surface area contributed by atoms with Crippen LogP contribution in [0.2, 0.25) is 0 Å². The Morgan fingerprint density at radius 2 is 0.909 bits per heavy atom. The van der Waals surface area contributed by atoms with Crippen LogP contribution in [-0.4, -0.2) is 21.0 Å². The molecule has 0 aromatic rings. The third-order valence-electron chi connectivity index (χ3n) is 1.21. The van der Waals surface area contributed by atoms with E-state index in [0.29, 0.717) is 0 Å². The fourth-order valence-electron chi connectivity index (χ4n) is 0.677. The van der Waals surface area contributed by atoms with Gasteiger partial charge in [-0.3, -0.25) is 21.0 Å². The minimum Gasteiger partial charge on any atom is -0.255 e. The molecule has 0 saturated carbocycles. The first-order valence-corrected chi connectivity index (χ1v) is 3.81. The highest BCUT2D eigenvalue weighted by Gasteiger charge is 1.80. The molecule has 0 amide bonds. The van der Waals surface area contributed by atoms with Gasteiger partial charge in [0, 0.05) is 0 Å². The van der Waals surface area contributed by atoms with Crippen molar-refractivity contribution in [3.05, 3.63) is 0 Å². The van der Waals surface area contributed by atoms with Gasteiger partial charge in [0.2, 0.25) is 0 Å². The molecular formula is C7H20O4. The summed E-state index contributed by atoms with van der Waals surface area (Å²) in [5.41, 5.74) is 0. The van der Waals surface area contributed by atoms with E-state index in [0.717, 1.165) is 0 Å². The van der Waals surface area contributed by atoms with Gasteiger partial charge in [0.25, 0.3) is 0 Å².